The molecule has 0 aliphatic carbocycles. The van der Waals surface area contributed by atoms with Crippen LogP contribution < -0.4 is 5.32 Å². The smallest absolute Gasteiger partial charge is 0.282 e. The summed E-state index contributed by atoms with van der Waals surface area (Å²) >= 11 is 3.17. The molecule has 102 valence electrons. The van der Waals surface area contributed by atoms with Crippen molar-refractivity contribution in [3.05, 3.63) is 62.5 Å². The SMILES string of the molecule is O=C(Nc1ncccc1Br)c1cc(F)ccc1[N+](=O)[O-]. The Morgan fingerprint density at radius 1 is 1.40 bits per heavy atom. The van der Waals surface area contributed by atoms with Gasteiger partial charge >= 0.3 is 0 Å². The molecule has 0 radical (unpaired) electrons. The molecule has 0 spiro atoms. The maximum absolute atomic E-state index is 13.2. The summed E-state index contributed by atoms with van der Waals surface area (Å²) in [4.78, 5) is 26.0. The van der Waals surface area contributed by atoms with E-state index in [4.69, 9.17) is 0 Å². The van der Waals surface area contributed by atoms with Crippen LogP contribution in [0.5, 0.6) is 0 Å². The number of anilines is 1. The number of hydrogen-bond acceptors (Lipinski definition) is 4. The first-order valence-electron chi connectivity index (χ1n) is 5.35. The maximum Gasteiger partial charge on any atom is 0.282 e. The molecule has 8 heteroatoms. The average molecular weight is 340 g/mol. The van der Waals surface area contributed by atoms with E-state index in [0.29, 0.717) is 4.47 Å². The second-order valence-electron chi connectivity index (χ2n) is 3.71. The summed E-state index contributed by atoms with van der Waals surface area (Å²) in [5.74, 6) is -1.35. The number of carbonyl (C=O) groups excluding carboxylic acids is 1. The van der Waals surface area contributed by atoms with Gasteiger partial charge in [0.25, 0.3) is 11.6 Å². The molecule has 6 nitrogen and oxygen atoms in total. The van der Waals surface area contributed by atoms with Gasteiger partial charge in [-0.3, -0.25) is 14.9 Å². The molecule has 0 aliphatic rings. The molecule has 0 saturated heterocycles. The number of nitro benzene ring substituents is 1. The standard InChI is InChI=1S/C12H7BrFN3O3/c13-9-2-1-5-15-11(9)16-12(18)8-6-7(14)3-4-10(8)17(19)20/h1-6H,(H,15,16,18). The van der Waals surface area contributed by atoms with Gasteiger partial charge in [0.05, 0.1) is 9.40 Å². The van der Waals surface area contributed by atoms with Crippen LogP contribution in [-0.4, -0.2) is 15.8 Å². The van der Waals surface area contributed by atoms with Gasteiger partial charge in [-0.1, -0.05) is 0 Å². The van der Waals surface area contributed by atoms with E-state index in [2.05, 4.69) is 26.2 Å². The minimum atomic E-state index is -0.810. The largest absolute Gasteiger partial charge is 0.305 e. The summed E-state index contributed by atoms with van der Waals surface area (Å²) in [6.45, 7) is 0. The van der Waals surface area contributed by atoms with Crippen LogP contribution >= 0.6 is 15.9 Å². The summed E-state index contributed by atoms with van der Waals surface area (Å²) in [6, 6.07) is 5.96. The Kier molecular flexibility index (Phi) is 4.04. The highest BCUT2D eigenvalue weighted by molar-refractivity contribution is 9.10. The molecule has 1 heterocycles. The van der Waals surface area contributed by atoms with Gasteiger partial charge < -0.3 is 5.32 Å². The molecular weight excluding hydrogens is 333 g/mol. The van der Waals surface area contributed by atoms with Crippen molar-refractivity contribution >= 4 is 33.3 Å². The quantitative estimate of drug-likeness (QED) is 0.687. The van der Waals surface area contributed by atoms with Crippen LogP contribution in [0.1, 0.15) is 10.4 Å². The van der Waals surface area contributed by atoms with Gasteiger partial charge in [0.15, 0.2) is 0 Å². The fourth-order valence-corrected chi connectivity index (χ4v) is 1.86. The maximum atomic E-state index is 13.2. The predicted molar refractivity (Wildman–Crippen MR) is 72.9 cm³/mol. The first-order chi connectivity index (χ1) is 9.49. The van der Waals surface area contributed by atoms with E-state index in [0.717, 1.165) is 18.2 Å². The van der Waals surface area contributed by atoms with Gasteiger partial charge in [-0.05, 0) is 40.2 Å². The van der Waals surface area contributed by atoms with Gasteiger partial charge in [0.2, 0.25) is 0 Å². The van der Waals surface area contributed by atoms with Crippen LogP contribution in [-0.2, 0) is 0 Å². The third-order valence-electron chi connectivity index (χ3n) is 2.39. The van der Waals surface area contributed by atoms with E-state index < -0.39 is 22.3 Å². The molecule has 1 amide bonds. The topological polar surface area (TPSA) is 85.1 Å². The van der Waals surface area contributed by atoms with E-state index in [9.17, 15) is 19.3 Å². The number of aromatic nitrogens is 1. The number of hydrogen-bond donors (Lipinski definition) is 1. The molecule has 1 aromatic carbocycles. The normalized spacial score (nSPS) is 10.1. The second-order valence-corrected chi connectivity index (χ2v) is 4.56. The highest BCUT2D eigenvalue weighted by Crippen LogP contribution is 2.23. The van der Waals surface area contributed by atoms with Gasteiger partial charge in [-0.15, -0.1) is 0 Å². The Balaban J connectivity index is 2.37. The zero-order chi connectivity index (χ0) is 14.7. The molecule has 2 aromatic rings. The predicted octanol–water partition coefficient (Wildman–Crippen LogP) is 3.14. The first-order valence-corrected chi connectivity index (χ1v) is 6.14. The minimum Gasteiger partial charge on any atom is -0.305 e. The number of carbonyl (C=O) groups is 1. The molecule has 2 rings (SSSR count). The number of nitro groups is 1. The van der Waals surface area contributed by atoms with Crippen molar-refractivity contribution in [1.82, 2.24) is 4.98 Å². The molecule has 0 atom stereocenters. The van der Waals surface area contributed by atoms with Crippen LogP contribution in [0.25, 0.3) is 0 Å². The molecule has 0 saturated carbocycles. The van der Waals surface area contributed by atoms with Crippen molar-refractivity contribution in [3.8, 4) is 0 Å². The Hall–Kier alpha value is -2.35. The van der Waals surface area contributed by atoms with Crippen molar-refractivity contribution in [3.63, 3.8) is 0 Å². The van der Waals surface area contributed by atoms with Crippen molar-refractivity contribution in [2.45, 2.75) is 0 Å². The summed E-state index contributed by atoms with van der Waals surface area (Å²) in [5.41, 5.74) is -0.844. The highest BCUT2D eigenvalue weighted by Gasteiger charge is 2.21. The molecular formula is C12H7BrFN3O3. The molecule has 20 heavy (non-hydrogen) atoms. The van der Waals surface area contributed by atoms with Crippen LogP contribution in [0.15, 0.2) is 41.0 Å². The zero-order valence-electron chi connectivity index (χ0n) is 9.84. The Labute approximate surface area is 120 Å². The van der Waals surface area contributed by atoms with E-state index in [-0.39, 0.29) is 11.4 Å². The van der Waals surface area contributed by atoms with Crippen molar-refractivity contribution in [2.24, 2.45) is 0 Å². The van der Waals surface area contributed by atoms with Crippen LogP contribution in [0.4, 0.5) is 15.9 Å². The van der Waals surface area contributed by atoms with E-state index >= 15 is 0 Å². The molecule has 1 aromatic heterocycles. The monoisotopic (exact) mass is 339 g/mol. The summed E-state index contributed by atoms with van der Waals surface area (Å²) in [5, 5.41) is 13.2. The third-order valence-corrected chi connectivity index (χ3v) is 3.03. The first kappa shape index (κ1) is 14.1. The summed E-state index contributed by atoms with van der Waals surface area (Å²) < 4.78 is 13.7. The van der Waals surface area contributed by atoms with Crippen LogP contribution in [0.3, 0.4) is 0 Å². The fourth-order valence-electron chi connectivity index (χ4n) is 1.50. The van der Waals surface area contributed by atoms with Gasteiger partial charge in [-0.25, -0.2) is 9.37 Å². The van der Waals surface area contributed by atoms with E-state index in [1.54, 1.807) is 12.1 Å². The molecule has 1 N–H and O–H groups in total. The lowest BCUT2D eigenvalue weighted by atomic mass is 10.1. The summed E-state index contributed by atoms with van der Waals surface area (Å²) in [6.07, 6.45) is 1.44. The lowest BCUT2D eigenvalue weighted by Gasteiger charge is -2.06. The van der Waals surface area contributed by atoms with Gasteiger partial charge in [0, 0.05) is 12.3 Å². The zero-order valence-corrected chi connectivity index (χ0v) is 11.4. The van der Waals surface area contributed by atoms with Gasteiger partial charge in [0.1, 0.15) is 17.2 Å². The number of rotatable bonds is 3. The highest BCUT2D eigenvalue weighted by atomic mass is 79.9. The fraction of sp³-hybridized carbons (Fsp3) is 0. The minimum absolute atomic E-state index is 0.191. The molecule has 0 aliphatic heterocycles. The number of pyridine rings is 1. The van der Waals surface area contributed by atoms with Crippen LogP contribution in [0.2, 0.25) is 0 Å². The third kappa shape index (κ3) is 2.97. The number of nitrogens with zero attached hydrogens (tertiary/aromatic N) is 2. The number of benzene rings is 1. The number of halogens is 2. The Morgan fingerprint density at radius 2 is 2.15 bits per heavy atom. The van der Waals surface area contributed by atoms with E-state index in [1.807, 2.05) is 0 Å². The molecule has 0 bridgehead atoms. The van der Waals surface area contributed by atoms with Crippen molar-refractivity contribution in [1.29, 1.82) is 0 Å². The molecule has 0 unspecified atom stereocenters. The van der Waals surface area contributed by atoms with Gasteiger partial charge in [-0.2, -0.15) is 0 Å². The Bertz CT molecular complexity index is 693. The van der Waals surface area contributed by atoms with E-state index in [1.165, 1.54) is 6.20 Å². The number of amides is 1. The lowest BCUT2D eigenvalue weighted by molar-refractivity contribution is -0.385. The second kappa shape index (κ2) is 5.74. The lowest BCUT2D eigenvalue weighted by Crippen LogP contribution is -2.15. The Morgan fingerprint density at radius 3 is 2.80 bits per heavy atom. The van der Waals surface area contributed by atoms with Crippen molar-refractivity contribution < 1.29 is 14.1 Å². The molecule has 0 fully saturated rings. The summed E-state index contributed by atoms with van der Waals surface area (Å²) in [7, 11) is 0. The van der Waals surface area contributed by atoms with Crippen molar-refractivity contribution in [2.75, 3.05) is 5.32 Å². The average Bonchev–Trinajstić information content (AvgIpc) is 2.40. The van der Waals surface area contributed by atoms with Crippen LogP contribution in [0, 0.1) is 15.9 Å². The number of nitrogens with one attached hydrogen (secondary N) is 1.